The molecule has 1 aliphatic carbocycles. The van der Waals surface area contributed by atoms with E-state index in [0.29, 0.717) is 10.8 Å². The summed E-state index contributed by atoms with van der Waals surface area (Å²) in [6, 6.07) is 1.70. The van der Waals surface area contributed by atoms with Crippen LogP contribution < -0.4 is 5.32 Å². The summed E-state index contributed by atoms with van der Waals surface area (Å²) in [4.78, 5) is 20.9. The Morgan fingerprint density at radius 2 is 2.41 bits per heavy atom. The maximum Gasteiger partial charge on any atom is 0.345 e. The van der Waals surface area contributed by atoms with Gasteiger partial charge in [0.2, 0.25) is 5.95 Å². The summed E-state index contributed by atoms with van der Waals surface area (Å²) in [7, 11) is 1.76. The molecule has 0 aromatic carbocycles. The summed E-state index contributed by atoms with van der Waals surface area (Å²) in [5.74, 6) is -0.325. The molecule has 0 amide bonds. The van der Waals surface area contributed by atoms with Gasteiger partial charge in [0, 0.05) is 35.7 Å². The van der Waals surface area contributed by atoms with Crippen LogP contribution in [0.1, 0.15) is 20.1 Å². The molecule has 0 saturated heterocycles. The van der Waals surface area contributed by atoms with Crippen molar-refractivity contribution in [2.45, 2.75) is 6.42 Å². The number of hydrogen-bond donors (Lipinski definition) is 2. The summed E-state index contributed by atoms with van der Waals surface area (Å²) >= 11 is 1.31. The highest BCUT2D eigenvalue weighted by Gasteiger charge is 2.25. The van der Waals surface area contributed by atoms with Gasteiger partial charge in [0.1, 0.15) is 4.88 Å². The van der Waals surface area contributed by atoms with E-state index in [4.69, 9.17) is 5.11 Å². The summed E-state index contributed by atoms with van der Waals surface area (Å²) in [5.41, 5.74) is 2.84. The number of anilines is 1. The molecule has 1 aliphatic rings. The van der Waals surface area contributed by atoms with Crippen LogP contribution in [-0.4, -0.2) is 28.1 Å². The Balaban J connectivity index is 2.14. The van der Waals surface area contributed by atoms with Gasteiger partial charge in [0.05, 0.1) is 5.69 Å². The fourth-order valence-electron chi connectivity index (χ4n) is 1.93. The third kappa shape index (κ3) is 1.49. The largest absolute Gasteiger partial charge is 0.477 e. The predicted molar refractivity (Wildman–Crippen MR) is 64.7 cm³/mol. The van der Waals surface area contributed by atoms with E-state index in [1.165, 1.54) is 11.3 Å². The van der Waals surface area contributed by atoms with E-state index in [0.717, 1.165) is 28.1 Å². The standard InChI is InChI=1S/C11H9N3O2S/c1-12-11-13-4-5-2-7-6(9(5)14-11)3-8(17-7)10(15)16/h3-4H,2H2,1H3,(H,15,16)(H,12,13,14). The molecule has 2 aromatic rings. The number of carbonyl (C=O) groups is 1. The molecular weight excluding hydrogens is 238 g/mol. The zero-order valence-electron chi connectivity index (χ0n) is 9.02. The second-order valence-electron chi connectivity index (χ2n) is 3.75. The Kier molecular flexibility index (Phi) is 2.12. The van der Waals surface area contributed by atoms with E-state index >= 15 is 0 Å². The molecule has 2 N–H and O–H groups in total. The van der Waals surface area contributed by atoms with Gasteiger partial charge in [-0.15, -0.1) is 11.3 Å². The molecule has 86 valence electrons. The Bertz CT molecular complexity index is 621. The van der Waals surface area contributed by atoms with Crippen molar-refractivity contribution in [3.8, 4) is 11.3 Å². The number of aromatic nitrogens is 2. The molecule has 2 heterocycles. The average molecular weight is 247 g/mol. The highest BCUT2D eigenvalue weighted by molar-refractivity contribution is 7.14. The normalized spacial score (nSPS) is 12.1. The van der Waals surface area contributed by atoms with Crippen molar-refractivity contribution in [2.24, 2.45) is 0 Å². The van der Waals surface area contributed by atoms with Crippen LogP contribution in [0.4, 0.5) is 5.95 Å². The molecule has 17 heavy (non-hydrogen) atoms. The fraction of sp³-hybridized carbons (Fsp3) is 0.182. The topological polar surface area (TPSA) is 75.1 Å². The Labute approximate surface area is 101 Å². The highest BCUT2D eigenvalue weighted by atomic mass is 32.1. The van der Waals surface area contributed by atoms with Crippen molar-refractivity contribution >= 4 is 23.3 Å². The molecule has 6 heteroatoms. The van der Waals surface area contributed by atoms with Crippen molar-refractivity contribution < 1.29 is 9.90 Å². The molecule has 3 rings (SSSR count). The summed E-state index contributed by atoms with van der Waals surface area (Å²) in [5, 5.41) is 11.8. The Morgan fingerprint density at radius 1 is 1.59 bits per heavy atom. The van der Waals surface area contributed by atoms with Gasteiger partial charge >= 0.3 is 5.97 Å². The molecule has 0 atom stereocenters. The second kappa shape index (κ2) is 3.53. The fourth-order valence-corrected chi connectivity index (χ4v) is 2.95. The van der Waals surface area contributed by atoms with E-state index < -0.39 is 5.97 Å². The summed E-state index contributed by atoms with van der Waals surface area (Å²) in [6.45, 7) is 0. The number of thiophene rings is 1. The Hall–Kier alpha value is -1.95. The van der Waals surface area contributed by atoms with Gasteiger partial charge in [-0.25, -0.2) is 14.8 Å². The zero-order chi connectivity index (χ0) is 12.0. The smallest absolute Gasteiger partial charge is 0.345 e. The first-order valence-electron chi connectivity index (χ1n) is 5.09. The van der Waals surface area contributed by atoms with Gasteiger partial charge in [0.25, 0.3) is 0 Å². The van der Waals surface area contributed by atoms with Gasteiger partial charge in [-0.2, -0.15) is 0 Å². The van der Waals surface area contributed by atoms with E-state index in [-0.39, 0.29) is 0 Å². The number of aromatic carboxylic acids is 1. The van der Waals surface area contributed by atoms with E-state index in [9.17, 15) is 4.79 Å². The quantitative estimate of drug-likeness (QED) is 0.722. The lowest BCUT2D eigenvalue weighted by atomic mass is 10.2. The first-order chi connectivity index (χ1) is 8.19. The molecule has 0 saturated carbocycles. The first-order valence-corrected chi connectivity index (χ1v) is 5.90. The predicted octanol–water partition coefficient (Wildman–Crippen LogP) is 1.85. The van der Waals surface area contributed by atoms with Gasteiger partial charge in [-0.1, -0.05) is 0 Å². The van der Waals surface area contributed by atoms with Crippen LogP contribution in [0.25, 0.3) is 11.3 Å². The molecule has 0 fully saturated rings. The lowest BCUT2D eigenvalue weighted by Crippen LogP contribution is -1.98. The average Bonchev–Trinajstić information content (AvgIpc) is 2.85. The van der Waals surface area contributed by atoms with Gasteiger partial charge in [-0.3, -0.25) is 0 Å². The van der Waals surface area contributed by atoms with Crippen molar-refractivity contribution in [2.75, 3.05) is 12.4 Å². The number of nitrogens with one attached hydrogen (secondary N) is 1. The van der Waals surface area contributed by atoms with Crippen LogP contribution in [-0.2, 0) is 6.42 Å². The number of nitrogens with zero attached hydrogens (tertiary/aromatic N) is 2. The number of fused-ring (bicyclic) bond motifs is 3. The third-order valence-corrected chi connectivity index (χ3v) is 3.84. The van der Waals surface area contributed by atoms with Crippen molar-refractivity contribution in [1.29, 1.82) is 0 Å². The monoisotopic (exact) mass is 247 g/mol. The lowest BCUT2D eigenvalue weighted by Gasteiger charge is -2.01. The number of carboxylic acids is 1. The molecule has 0 radical (unpaired) electrons. The van der Waals surface area contributed by atoms with E-state index in [1.807, 2.05) is 0 Å². The van der Waals surface area contributed by atoms with Crippen molar-refractivity contribution in [3.05, 3.63) is 27.6 Å². The molecule has 0 bridgehead atoms. The van der Waals surface area contributed by atoms with Gasteiger partial charge in [0.15, 0.2) is 0 Å². The van der Waals surface area contributed by atoms with Crippen LogP contribution in [0.15, 0.2) is 12.3 Å². The summed E-state index contributed by atoms with van der Waals surface area (Å²) in [6.07, 6.45) is 2.52. The van der Waals surface area contributed by atoms with Gasteiger partial charge in [-0.05, 0) is 6.07 Å². The molecule has 0 spiro atoms. The van der Waals surface area contributed by atoms with Crippen LogP contribution in [0, 0.1) is 0 Å². The molecule has 0 unspecified atom stereocenters. The van der Waals surface area contributed by atoms with Crippen LogP contribution in [0.2, 0.25) is 0 Å². The molecule has 0 aliphatic heterocycles. The second-order valence-corrected chi connectivity index (χ2v) is 4.88. The minimum atomic E-state index is -0.881. The maximum atomic E-state index is 10.9. The van der Waals surface area contributed by atoms with E-state index in [2.05, 4.69) is 15.3 Å². The zero-order valence-corrected chi connectivity index (χ0v) is 9.84. The number of carboxylic acid groups (broad SMARTS) is 1. The SMILES string of the molecule is CNc1ncc2c(n1)-c1cc(C(=O)O)sc1C2. The highest BCUT2D eigenvalue weighted by Crippen LogP contribution is 2.40. The Morgan fingerprint density at radius 3 is 3.12 bits per heavy atom. The number of rotatable bonds is 2. The molecule has 5 nitrogen and oxygen atoms in total. The van der Waals surface area contributed by atoms with Gasteiger partial charge < -0.3 is 10.4 Å². The van der Waals surface area contributed by atoms with Crippen molar-refractivity contribution in [1.82, 2.24) is 9.97 Å². The lowest BCUT2D eigenvalue weighted by molar-refractivity contribution is 0.0702. The van der Waals surface area contributed by atoms with Crippen molar-refractivity contribution in [3.63, 3.8) is 0 Å². The molecule has 2 aromatic heterocycles. The maximum absolute atomic E-state index is 10.9. The minimum absolute atomic E-state index is 0.366. The molecular formula is C11H9N3O2S. The van der Waals surface area contributed by atoms with E-state index in [1.54, 1.807) is 19.3 Å². The first kappa shape index (κ1) is 10.2. The van der Waals surface area contributed by atoms with Crippen LogP contribution in [0.5, 0.6) is 0 Å². The number of hydrogen-bond acceptors (Lipinski definition) is 5. The minimum Gasteiger partial charge on any atom is -0.477 e. The third-order valence-electron chi connectivity index (χ3n) is 2.71. The van der Waals surface area contributed by atoms with Crippen LogP contribution in [0.3, 0.4) is 0 Å². The van der Waals surface area contributed by atoms with Crippen LogP contribution >= 0.6 is 11.3 Å². The summed E-state index contributed by atoms with van der Waals surface area (Å²) < 4.78 is 0.